The van der Waals surface area contributed by atoms with Crippen molar-refractivity contribution in [1.82, 2.24) is 0 Å². The average molecular weight is 519 g/mol. The third kappa shape index (κ3) is 14.4. The van der Waals surface area contributed by atoms with Gasteiger partial charge < -0.3 is 14.5 Å². The zero-order valence-electron chi connectivity index (χ0n) is 22.7. The van der Waals surface area contributed by atoms with Gasteiger partial charge in [-0.3, -0.25) is 4.57 Å². The van der Waals surface area contributed by atoms with Gasteiger partial charge in [-0.15, -0.1) is 0 Å². The fraction of sp³-hybridized carbons (Fsp3) is 0.677. The van der Waals surface area contributed by atoms with Crippen LogP contribution in [0.4, 0.5) is 0 Å². The summed E-state index contributed by atoms with van der Waals surface area (Å²) in [5.74, 6) is 0.707. The number of hydrogen-bond donors (Lipinski definition) is 2. The highest BCUT2D eigenvalue weighted by atomic mass is 31.2. The summed E-state index contributed by atoms with van der Waals surface area (Å²) in [5, 5.41) is 2.06. The van der Waals surface area contributed by atoms with Crippen molar-refractivity contribution in [2.45, 2.75) is 129 Å². The van der Waals surface area contributed by atoms with Crippen molar-refractivity contribution in [2.75, 3.05) is 6.16 Å². The Balaban J connectivity index is 1.53. The van der Waals surface area contributed by atoms with E-state index in [0.717, 1.165) is 23.6 Å². The maximum atomic E-state index is 11.7. The number of fused-ring (bicyclic) bond motifs is 1. The first kappa shape index (κ1) is 30.9. The summed E-state index contributed by atoms with van der Waals surface area (Å²) in [7, 11) is -4.14. The molecular weight excluding hydrogens is 467 g/mol. The van der Waals surface area contributed by atoms with Crippen LogP contribution >= 0.6 is 7.60 Å². The van der Waals surface area contributed by atoms with E-state index in [2.05, 4.69) is 6.92 Å². The number of rotatable bonds is 22. The lowest BCUT2D eigenvalue weighted by molar-refractivity contribution is 0.202. The lowest BCUT2D eigenvalue weighted by Gasteiger charge is -2.21. The lowest BCUT2D eigenvalue weighted by Crippen LogP contribution is -2.21. The van der Waals surface area contributed by atoms with Crippen LogP contribution in [0.25, 0.3) is 10.8 Å². The number of benzene rings is 2. The van der Waals surface area contributed by atoms with E-state index in [9.17, 15) is 14.4 Å². The molecule has 2 rings (SSSR count). The Morgan fingerprint density at radius 2 is 1.14 bits per heavy atom. The molecule has 0 aliphatic rings. The zero-order valence-corrected chi connectivity index (χ0v) is 23.6. The molecule has 0 saturated heterocycles. The van der Waals surface area contributed by atoms with E-state index in [4.69, 9.17) is 4.74 Å². The second-order valence-electron chi connectivity index (χ2n) is 10.5. The number of hydrogen-bond acceptors (Lipinski definition) is 2. The van der Waals surface area contributed by atoms with Crippen LogP contribution in [-0.4, -0.2) is 22.1 Å². The third-order valence-electron chi connectivity index (χ3n) is 7.11. The van der Waals surface area contributed by atoms with Crippen LogP contribution in [0.2, 0.25) is 0 Å². The predicted octanol–water partition coefficient (Wildman–Crippen LogP) is 9.81. The normalized spacial score (nSPS) is 12.8. The van der Waals surface area contributed by atoms with Gasteiger partial charge in [0.25, 0.3) is 0 Å². The highest BCUT2D eigenvalue weighted by molar-refractivity contribution is 7.51. The summed E-state index contributed by atoms with van der Waals surface area (Å²) in [5.41, 5.74) is 0. The predicted molar refractivity (Wildman–Crippen MR) is 154 cm³/mol. The second-order valence-corrected chi connectivity index (χ2v) is 12.2. The van der Waals surface area contributed by atoms with Gasteiger partial charge in [0.2, 0.25) is 0 Å². The molecule has 204 valence electrons. The van der Waals surface area contributed by atoms with Crippen molar-refractivity contribution >= 4 is 18.4 Å². The molecule has 2 N–H and O–H groups in total. The largest absolute Gasteiger partial charge is 0.489 e. The standard InChI is InChI=1S/C31H51O4P/c1-2-3-4-5-6-7-8-9-10-11-12-13-14-15-16-17-18-24-29(27-36(32,33)34)35-31-26-21-23-28-22-19-20-25-30(28)31/h19-23,25-26,29H,2-18,24,27H2,1H3,(H2,32,33,34). The Morgan fingerprint density at radius 3 is 1.67 bits per heavy atom. The molecule has 0 saturated carbocycles. The molecule has 2 aromatic carbocycles. The first-order chi connectivity index (χ1) is 17.5. The molecule has 0 bridgehead atoms. The smallest absolute Gasteiger partial charge is 0.329 e. The molecule has 1 unspecified atom stereocenters. The molecule has 0 heterocycles. The molecule has 5 heteroatoms. The Kier molecular flexibility index (Phi) is 16.1. The van der Waals surface area contributed by atoms with Crippen molar-refractivity contribution in [2.24, 2.45) is 0 Å². The van der Waals surface area contributed by atoms with Gasteiger partial charge in [0, 0.05) is 5.39 Å². The SMILES string of the molecule is CCCCCCCCCCCCCCCCCCCC(CP(=O)(O)O)Oc1cccc2ccccc12. The lowest BCUT2D eigenvalue weighted by atomic mass is 10.0. The Morgan fingerprint density at radius 1 is 0.667 bits per heavy atom. The van der Waals surface area contributed by atoms with Gasteiger partial charge in [-0.05, 0) is 24.3 Å². The fourth-order valence-corrected chi connectivity index (χ4v) is 5.82. The van der Waals surface area contributed by atoms with E-state index < -0.39 is 13.7 Å². The van der Waals surface area contributed by atoms with Crippen molar-refractivity contribution < 1.29 is 19.1 Å². The number of ether oxygens (including phenoxy) is 1. The minimum absolute atomic E-state index is 0.227. The maximum Gasteiger partial charge on any atom is 0.329 e. The second kappa shape index (κ2) is 18.8. The van der Waals surface area contributed by atoms with Crippen LogP contribution in [0.3, 0.4) is 0 Å². The van der Waals surface area contributed by atoms with Gasteiger partial charge in [-0.2, -0.15) is 0 Å². The molecule has 2 aromatic rings. The average Bonchev–Trinajstić information content (AvgIpc) is 2.85. The summed E-state index contributed by atoms with van der Waals surface area (Å²) >= 11 is 0. The molecule has 0 amide bonds. The van der Waals surface area contributed by atoms with Gasteiger partial charge >= 0.3 is 7.60 Å². The van der Waals surface area contributed by atoms with E-state index in [1.165, 1.54) is 96.3 Å². The van der Waals surface area contributed by atoms with Crippen LogP contribution in [0, 0.1) is 0 Å². The molecule has 4 nitrogen and oxygen atoms in total. The summed E-state index contributed by atoms with van der Waals surface area (Å²) in [6.45, 7) is 2.28. The highest BCUT2D eigenvalue weighted by Crippen LogP contribution is 2.38. The Bertz CT molecular complexity index is 857. The van der Waals surface area contributed by atoms with Crippen LogP contribution in [0.15, 0.2) is 42.5 Å². The summed E-state index contributed by atoms with van der Waals surface area (Å²) < 4.78 is 17.8. The summed E-state index contributed by atoms with van der Waals surface area (Å²) in [4.78, 5) is 19.1. The van der Waals surface area contributed by atoms with Gasteiger partial charge in [0.15, 0.2) is 0 Å². The van der Waals surface area contributed by atoms with E-state index in [1.807, 2.05) is 42.5 Å². The topological polar surface area (TPSA) is 66.8 Å². The van der Waals surface area contributed by atoms with E-state index >= 15 is 0 Å². The molecular formula is C31H51O4P. The monoisotopic (exact) mass is 518 g/mol. The van der Waals surface area contributed by atoms with Crippen molar-refractivity contribution in [3.63, 3.8) is 0 Å². The molecule has 0 aliphatic heterocycles. The highest BCUT2D eigenvalue weighted by Gasteiger charge is 2.23. The van der Waals surface area contributed by atoms with Gasteiger partial charge in [0.05, 0.1) is 6.16 Å². The summed E-state index contributed by atoms with van der Waals surface area (Å²) in [6, 6.07) is 13.8. The molecule has 0 aromatic heterocycles. The van der Waals surface area contributed by atoms with Crippen LogP contribution in [0.5, 0.6) is 5.75 Å². The zero-order chi connectivity index (χ0) is 25.9. The van der Waals surface area contributed by atoms with E-state index in [-0.39, 0.29) is 6.16 Å². The molecule has 0 spiro atoms. The molecule has 0 aliphatic carbocycles. The van der Waals surface area contributed by atoms with E-state index in [1.54, 1.807) is 0 Å². The Labute approximate surface area is 220 Å². The third-order valence-corrected chi connectivity index (χ3v) is 8.00. The molecule has 36 heavy (non-hydrogen) atoms. The minimum atomic E-state index is -4.14. The quantitative estimate of drug-likeness (QED) is 0.120. The van der Waals surface area contributed by atoms with Crippen molar-refractivity contribution in [3.8, 4) is 5.75 Å². The van der Waals surface area contributed by atoms with Gasteiger partial charge in [-0.25, -0.2) is 0 Å². The number of unbranched alkanes of at least 4 members (excludes halogenated alkanes) is 16. The van der Waals surface area contributed by atoms with Crippen molar-refractivity contribution in [1.29, 1.82) is 0 Å². The first-order valence-corrected chi connectivity index (χ1v) is 16.5. The molecule has 1 atom stereocenters. The molecule has 0 radical (unpaired) electrons. The van der Waals surface area contributed by atoms with Crippen LogP contribution in [0.1, 0.15) is 122 Å². The fourth-order valence-electron chi connectivity index (χ4n) is 5.03. The van der Waals surface area contributed by atoms with Gasteiger partial charge in [-0.1, -0.05) is 146 Å². The Hall–Kier alpha value is -1.35. The van der Waals surface area contributed by atoms with E-state index in [0.29, 0.717) is 12.2 Å². The first-order valence-electron chi connectivity index (χ1n) is 14.7. The van der Waals surface area contributed by atoms with Gasteiger partial charge in [0.1, 0.15) is 11.9 Å². The van der Waals surface area contributed by atoms with Crippen LogP contribution < -0.4 is 4.74 Å². The maximum absolute atomic E-state index is 11.7. The van der Waals surface area contributed by atoms with Crippen LogP contribution in [-0.2, 0) is 4.57 Å². The minimum Gasteiger partial charge on any atom is -0.489 e. The molecule has 0 fully saturated rings. The van der Waals surface area contributed by atoms with Crippen molar-refractivity contribution in [3.05, 3.63) is 42.5 Å². The summed E-state index contributed by atoms with van der Waals surface area (Å²) in [6.07, 6.45) is 22.5.